The maximum Gasteiger partial charge on any atom is 0.327 e. The molecule has 0 saturated heterocycles. The first-order valence-corrected chi connectivity index (χ1v) is 21.5. The van der Waals surface area contributed by atoms with Gasteiger partial charge >= 0.3 is 17.9 Å². The predicted molar refractivity (Wildman–Crippen MR) is 228 cm³/mol. The summed E-state index contributed by atoms with van der Waals surface area (Å²) in [6.45, 7) is 9.82. The highest BCUT2D eigenvalue weighted by Crippen LogP contribution is 2.34. The lowest BCUT2D eigenvalue weighted by atomic mass is 9.78. The number of hydrogen-bond donors (Lipinski definition) is 9. The van der Waals surface area contributed by atoms with Crippen LogP contribution in [0.1, 0.15) is 173 Å². The number of aliphatic carboxylic acids is 3. The van der Waals surface area contributed by atoms with E-state index in [4.69, 9.17) is 15.3 Å². The highest BCUT2D eigenvalue weighted by atomic mass is 16.4. The average Bonchev–Trinajstić information content (AvgIpc) is 3.24. The van der Waals surface area contributed by atoms with Gasteiger partial charge in [0.25, 0.3) is 0 Å². The molecule has 0 aromatic carbocycles. The molecule has 12 heteroatoms. The van der Waals surface area contributed by atoms with E-state index in [9.17, 15) is 45.0 Å². The summed E-state index contributed by atoms with van der Waals surface area (Å²) in [5.74, 6) is -2.94. The van der Waals surface area contributed by atoms with Gasteiger partial charge in [0.2, 0.25) is 0 Å². The molecule has 0 atom stereocenters. The zero-order valence-electron chi connectivity index (χ0n) is 35.4. The number of aliphatic hydroxyl groups is 6. The van der Waals surface area contributed by atoms with E-state index >= 15 is 0 Å². The second-order valence-corrected chi connectivity index (χ2v) is 16.0. The number of hydrogen-bond acceptors (Lipinski definition) is 9. The first-order valence-electron chi connectivity index (χ1n) is 21.5. The molecule has 0 unspecified atom stereocenters. The third-order valence-corrected chi connectivity index (χ3v) is 11.3. The number of carboxylic acids is 3. The van der Waals surface area contributed by atoms with Crippen LogP contribution in [-0.4, -0.2) is 104 Å². The molecular weight excluding hydrogens is 732 g/mol. The van der Waals surface area contributed by atoms with E-state index in [1.165, 1.54) is 135 Å². The van der Waals surface area contributed by atoms with Crippen molar-refractivity contribution >= 4 is 17.9 Å². The van der Waals surface area contributed by atoms with Gasteiger partial charge in [0.1, 0.15) is 0 Å². The molecule has 12 nitrogen and oxygen atoms in total. The third kappa shape index (κ3) is 35.1. The zero-order chi connectivity index (χ0) is 43.7. The topological polar surface area (TPSA) is 233 Å². The van der Waals surface area contributed by atoms with Gasteiger partial charge in [-0.3, -0.25) is 0 Å². The Morgan fingerprint density at radius 2 is 0.421 bits per heavy atom. The summed E-state index contributed by atoms with van der Waals surface area (Å²) in [5, 5.41) is 79.0. The molecule has 0 bridgehead atoms. The Morgan fingerprint density at radius 3 is 0.509 bits per heavy atom. The Bertz CT molecular complexity index is 827. The molecule has 0 aliphatic heterocycles. The summed E-state index contributed by atoms with van der Waals surface area (Å²) < 4.78 is 0. The lowest BCUT2D eigenvalue weighted by Gasteiger charge is -2.30. The van der Waals surface area contributed by atoms with Crippen molar-refractivity contribution in [2.75, 3.05) is 39.6 Å². The molecule has 3 aliphatic carbocycles. The molecule has 336 valence electrons. The van der Waals surface area contributed by atoms with E-state index in [0.29, 0.717) is 0 Å². The number of carboxylic acid groups (broad SMARTS) is 3. The number of aliphatic hydroxyl groups excluding tert-OH is 6. The SMILES string of the molecule is C=CC(=O)O.C=CC(=O)O.C=CC(=O)O.OCC1(CO)CCCCCCCCC1.OCC1(CO)CCCCCCCCC1.OCC1(CO)CCCCCCCCC1. The Balaban J connectivity index is -0.000000652. The van der Waals surface area contributed by atoms with Crippen molar-refractivity contribution < 1.29 is 60.3 Å². The molecule has 0 heterocycles. The highest BCUT2D eigenvalue weighted by molar-refractivity contribution is 5.79. The van der Waals surface area contributed by atoms with Crippen molar-refractivity contribution in [3.8, 4) is 0 Å². The molecule has 57 heavy (non-hydrogen) atoms. The Hall–Kier alpha value is -2.61. The maximum atomic E-state index is 9.36. The van der Waals surface area contributed by atoms with Gasteiger partial charge in [-0.05, 0) is 38.5 Å². The van der Waals surface area contributed by atoms with Gasteiger partial charge in [-0.2, -0.15) is 0 Å². The minimum Gasteiger partial charge on any atom is -0.478 e. The maximum absolute atomic E-state index is 9.36. The van der Waals surface area contributed by atoms with Crippen LogP contribution in [-0.2, 0) is 14.4 Å². The van der Waals surface area contributed by atoms with E-state index in [1.54, 1.807) is 0 Å². The van der Waals surface area contributed by atoms with Crippen molar-refractivity contribution in [3.63, 3.8) is 0 Å². The van der Waals surface area contributed by atoms with Crippen LogP contribution in [0.4, 0.5) is 0 Å². The molecule has 3 fully saturated rings. The second kappa shape index (κ2) is 40.2. The Morgan fingerprint density at radius 1 is 0.316 bits per heavy atom. The van der Waals surface area contributed by atoms with Gasteiger partial charge in [0, 0.05) is 34.5 Å². The fourth-order valence-electron chi connectivity index (χ4n) is 7.13. The molecule has 0 radical (unpaired) electrons. The second-order valence-electron chi connectivity index (χ2n) is 16.0. The fraction of sp³-hybridized carbons (Fsp3) is 0.800. The van der Waals surface area contributed by atoms with Crippen LogP contribution >= 0.6 is 0 Å². The van der Waals surface area contributed by atoms with Crippen LogP contribution in [0.5, 0.6) is 0 Å². The predicted octanol–water partition coefficient (Wildman–Crippen LogP) is 8.22. The summed E-state index contributed by atoms with van der Waals surface area (Å²) in [7, 11) is 0. The molecular formula is C45H84O12. The molecule has 0 amide bonds. The minimum atomic E-state index is -0.981. The van der Waals surface area contributed by atoms with Gasteiger partial charge in [-0.25, -0.2) is 14.4 Å². The smallest absolute Gasteiger partial charge is 0.327 e. The van der Waals surface area contributed by atoms with Crippen molar-refractivity contribution in [1.82, 2.24) is 0 Å². The highest BCUT2D eigenvalue weighted by Gasteiger charge is 2.29. The van der Waals surface area contributed by atoms with Crippen LogP contribution in [0.2, 0.25) is 0 Å². The molecule has 0 spiro atoms. The van der Waals surface area contributed by atoms with E-state index in [0.717, 1.165) is 56.8 Å². The summed E-state index contributed by atoms with van der Waals surface area (Å²) >= 11 is 0. The minimum absolute atomic E-state index is 0.156. The lowest BCUT2D eigenvalue weighted by molar-refractivity contribution is -0.132. The van der Waals surface area contributed by atoms with Gasteiger partial charge < -0.3 is 46.0 Å². The van der Waals surface area contributed by atoms with Gasteiger partial charge in [-0.1, -0.05) is 155 Å². The zero-order valence-corrected chi connectivity index (χ0v) is 35.4. The van der Waals surface area contributed by atoms with Crippen molar-refractivity contribution in [1.29, 1.82) is 0 Å². The first kappa shape index (κ1) is 58.7. The average molecular weight is 817 g/mol. The third-order valence-electron chi connectivity index (χ3n) is 11.3. The largest absolute Gasteiger partial charge is 0.478 e. The Kier molecular flexibility index (Phi) is 41.4. The van der Waals surface area contributed by atoms with E-state index in [1.807, 2.05) is 0 Å². The number of carbonyl (C=O) groups is 3. The fourth-order valence-corrected chi connectivity index (χ4v) is 7.13. The lowest BCUT2D eigenvalue weighted by Crippen LogP contribution is -2.30. The molecule has 9 N–H and O–H groups in total. The van der Waals surface area contributed by atoms with E-state index < -0.39 is 17.9 Å². The standard InChI is InChI=1S/3C12H24O2.3C3H4O2/c3*13-10-12(11-14)8-6-4-2-1-3-5-7-9-12;3*1-2-3(4)5/h3*13-14H,1-11H2;3*2H,1H2,(H,4,5). The summed E-state index contributed by atoms with van der Waals surface area (Å²) in [6.07, 6.45) is 35.2. The quantitative estimate of drug-likeness (QED) is 0.100. The molecule has 3 saturated carbocycles. The van der Waals surface area contributed by atoms with Crippen molar-refractivity contribution in [3.05, 3.63) is 38.0 Å². The number of rotatable bonds is 9. The summed E-state index contributed by atoms with van der Waals surface area (Å²) in [5.41, 5.74) is -0.508. The molecule has 3 rings (SSSR count). The molecule has 3 aliphatic rings. The van der Waals surface area contributed by atoms with Gasteiger partial charge in [-0.15, -0.1) is 0 Å². The van der Waals surface area contributed by atoms with E-state index in [-0.39, 0.29) is 55.9 Å². The van der Waals surface area contributed by atoms with Crippen LogP contribution in [0.25, 0.3) is 0 Å². The molecule has 0 aromatic heterocycles. The van der Waals surface area contributed by atoms with E-state index in [2.05, 4.69) is 19.7 Å². The summed E-state index contributed by atoms with van der Waals surface area (Å²) in [6, 6.07) is 0. The van der Waals surface area contributed by atoms with Crippen LogP contribution in [0.3, 0.4) is 0 Å². The molecule has 0 aromatic rings. The van der Waals surface area contributed by atoms with Gasteiger partial charge in [0.05, 0.1) is 39.6 Å². The van der Waals surface area contributed by atoms with Crippen LogP contribution < -0.4 is 0 Å². The van der Waals surface area contributed by atoms with Crippen LogP contribution in [0.15, 0.2) is 38.0 Å². The van der Waals surface area contributed by atoms with Crippen molar-refractivity contribution in [2.45, 2.75) is 173 Å². The monoisotopic (exact) mass is 817 g/mol. The Labute approximate surface area is 344 Å². The van der Waals surface area contributed by atoms with Crippen molar-refractivity contribution in [2.24, 2.45) is 16.2 Å². The normalized spacial score (nSPS) is 19.7. The summed E-state index contributed by atoms with van der Waals surface area (Å²) in [4.78, 5) is 27.8. The first-order chi connectivity index (χ1) is 27.3. The van der Waals surface area contributed by atoms with Gasteiger partial charge in [0.15, 0.2) is 0 Å². The van der Waals surface area contributed by atoms with Crippen LogP contribution in [0, 0.1) is 16.2 Å².